The molecular formula is C25H28N2O3S. The van der Waals surface area contributed by atoms with Crippen molar-refractivity contribution in [3.63, 3.8) is 0 Å². The predicted molar refractivity (Wildman–Crippen MR) is 125 cm³/mol. The first-order valence-electron chi connectivity index (χ1n) is 10.7. The van der Waals surface area contributed by atoms with Gasteiger partial charge in [-0.05, 0) is 43.9 Å². The molecule has 6 heteroatoms. The molecule has 2 fully saturated rings. The lowest BCUT2D eigenvalue weighted by molar-refractivity contribution is -0.127. The molecule has 3 atom stereocenters. The van der Waals surface area contributed by atoms with Crippen LogP contribution in [0.4, 0.5) is 0 Å². The Hall–Kier alpha value is -2.73. The maximum absolute atomic E-state index is 12.8. The summed E-state index contributed by atoms with van der Waals surface area (Å²) in [5, 5.41) is 6.51. The van der Waals surface area contributed by atoms with Crippen LogP contribution in [0.5, 0.6) is 5.75 Å². The fraction of sp³-hybridized carbons (Fsp3) is 0.360. The largest absolute Gasteiger partial charge is 0.496 e. The number of carbonyl (C=O) groups is 2. The average molecular weight is 437 g/mol. The van der Waals surface area contributed by atoms with Crippen LogP contribution in [-0.4, -0.2) is 30.2 Å². The Bertz CT molecular complexity index is 1000. The van der Waals surface area contributed by atoms with Gasteiger partial charge in [0.2, 0.25) is 5.91 Å². The number of carbonyl (C=O) groups excluding carboxylic acids is 2. The maximum atomic E-state index is 12.8. The Morgan fingerprint density at radius 2 is 2.06 bits per heavy atom. The topological polar surface area (TPSA) is 67.4 Å². The Labute approximate surface area is 187 Å². The van der Waals surface area contributed by atoms with E-state index in [1.54, 1.807) is 18.9 Å². The van der Waals surface area contributed by atoms with E-state index in [9.17, 15) is 9.59 Å². The van der Waals surface area contributed by atoms with Crippen LogP contribution in [0.1, 0.15) is 36.0 Å². The van der Waals surface area contributed by atoms with Crippen LogP contribution in [-0.2, 0) is 16.1 Å². The van der Waals surface area contributed by atoms with Gasteiger partial charge in [0, 0.05) is 29.3 Å². The quantitative estimate of drug-likeness (QED) is 0.694. The van der Waals surface area contributed by atoms with E-state index < -0.39 is 0 Å². The minimum absolute atomic E-state index is 0.0305. The van der Waals surface area contributed by atoms with Crippen LogP contribution in [0.25, 0.3) is 6.08 Å². The molecule has 1 saturated heterocycles. The summed E-state index contributed by atoms with van der Waals surface area (Å²) in [4.78, 5) is 26.2. The van der Waals surface area contributed by atoms with Crippen molar-refractivity contribution in [3.8, 4) is 5.75 Å². The zero-order valence-electron chi connectivity index (χ0n) is 17.9. The fourth-order valence-electron chi connectivity index (χ4n) is 4.32. The summed E-state index contributed by atoms with van der Waals surface area (Å²) in [6.45, 7) is 2.49. The van der Waals surface area contributed by atoms with E-state index in [0.717, 1.165) is 34.6 Å². The van der Waals surface area contributed by atoms with Crippen LogP contribution in [0, 0.1) is 12.8 Å². The number of para-hydroxylation sites is 1. The first-order valence-corrected chi connectivity index (χ1v) is 11.6. The van der Waals surface area contributed by atoms with E-state index >= 15 is 0 Å². The lowest BCUT2D eigenvalue weighted by atomic mass is 9.84. The van der Waals surface area contributed by atoms with Gasteiger partial charge >= 0.3 is 0 Å². The van der Waals surface area contributed by atoms with Crippen molar-refractivity contribution >= 4 is 29.7 Å². The third-order valence-electron chi connectivity index (χ3n) is 5.96. The van der Waals surface area contributed by atoms with Gasteiger partial charge in [-0.3, -0.25) is 9.59 Å². The number of thioether (sulfide) groups is 1. The molecule has 0 spiro atoms. The van der Waals surface area contributed by atoms with Gasteiger partial charge in [-0.1, -0.05) is 48.0 Å². The third-order valence-corrected chi connectivity index (χ3v) is 7.39. The van der Waals surface area contributed by atoms with Gasteiger partial charge in [-0.2, -0.15) is 0 Å². The van der Waals surface area contributed by atoms with Crippen LogP contribution in [0.15, 0.2) is 53.4 Å². The molecule has 2 amide bonds. The van der Waals surface area contributed by atoms with E-state index in [4.69, 9.17) is 4.74 Å². The van der Waals surface area contributed by atoms with Crippen molar-refractivity contribution in [3.05, 3.63) is 70.1 Å². The molecule has 1 aliphatic heterocycles. The number of hydrogen-bond acceptors (Lipinski definition) is 4. The molecule has 4 rings (SSSR count). The lowest BCUT2D eigenvalue weighted by Crippen LogP contribution is -2.51. The number of methoxy groups -OCH3 is 1. The minimum Gasteiger partial charge on any atom is -0.496 e. The van der Waals surface area contributed by atoms with Crippen molar-refractivity contribution in [2.45, 2.75) is 44.0 Å². The zero-order chi connectivity index (χ0) is 21.8. The first-order chi connectivity index (χ1) is 15.0. The Morgan fingerprint density at radius 3 is 2.87 bits per heavy atom. The number of nitrogens with one attached hydrogen (secondary N) is 2. The molecule has 1 saturated carbocycles. The van der Waals surface area contributed by atoms with Crippen molar-refractivity contribution in [2.24, 2.45) is 5.92 Å². The van der Waals surface area contributed by atoms with Crippen molar-refractivity contribution in [1.82, 2.24) is 10.6 Å². The molecule has 3 unspecified atom stereocenters. The Morgan fingerprint density at radius 1 is 1.23 bits per heavy atom. The highest BCUT2D eigenvalue weighted by Gasteiger charge is 2.39. The number of rotatable bonds is 5. The fourth-order valence-corrected chi connectivity index (χ4v) is 5.61. The van der Waals surface area contributed by atoms with Gasteiger partial charge < -0.3 is 15.4 Å². The van der Waals surface area contributed by atoms with Crippen LogP contribution >= 0.6 is 11.8 Å². The SMILES string of the molecule is COc1ccccc1CNC(=O)C1CCC2S/C(=C/c3cccc(C)c3)C(=O)NC2C1. The highest BCUT2D eigenvalue weighted by Crippen LogP contribution is 2.40. The van der Waals surface area contributed by atoms with E-state index in [2.05, 4.69) is 16.7 Å². The summed E-state index contributed by atoms with van der Waals surface area (Å²) in [5.41, 5.74) is 3.17. The second-order valence-corrected chi connectivity index (χ2v) is 9.48. The minimum atomic E-state index is -0.0841. The number of ether oxygens (including phenoxy) is 1. The number of amides is 2. The van der Waals surface area contributed by atoms with Crippen LogP contribution in [0.2, 0.25) is 0 Å². The van der Waals surface area contributed by atoms with Gasteiger partial charge in [0.1, 0.15) is 5.75 Å². The first kappa shape index (κ1) is 21.5. The normalized spacial score (nSPS) is 24.3. The van der Waals surface area contributed by atoms with Gasteiger partial charge in [0.25, 0.3) is 5.91 Å². The number of benzene rings is 2. The molecule has 0 radical (unpaired) electrons. The van der Waals surface area contributed by atoms with Gasteiger partial charge in [-0.15, -0.1) is 11.8 Å². The molecule has 1 aliphatic carbocycles. The summed E-state index contributed by atoms with van der Waals surface area (Å²) in [7, 11) is 1.63. The summed E-state index contributed by atoms with van der Waals surface area (Å²) in [6.07, 6.45) is 4.39. The molecule has 2 aromatic rings. The smallest absolute Gasteiger partial charge is 0.257 e. The Balaban J connectivity index is 1.35. The molecule has 1 heterocycles. The average Bonchev–Trinajstić information content (AvgIpc) is 2.78. The van der Waals surface area contributed by atoms with Crippen molar-refractivity contribution in [2.75, 3.05) is 7.11 Å². The summed E-state index contributed by atoms with van der Waals surface area (Å²) >= 11 is 1.65. The summed E-state index contributed by atoms with van der Waals surface area (Å²) in [5.74, 6) is 0.696. The van der Waals surface area contributed by atoms with Gasteiger partial charge in [0.15, 0.2) is 0 Å². The molecule has 2 N–H and O–H groups in total. The molecule has 2 aromatic carbocycles. The van der Waals surface area contributed by atoms with E-state index in [1.807, 2.05) is 55.5 Å². The second-order valence-electron chi connectivity index (χ2n) is 8.20. The molecular weight excluding hydrogens is 408 g/mol. The van der Waals surface area contributed by atoms with E-state index in [0.29, 0.717) is 18.2 Å². The summed E-state index contributed by atoms with van der Waals surface area (Å²) < 4.78 is 5.36. The molecule has 5 nitrogen and oxygen atoms in total. The Kier molecular flexibility index (Phi) is 6.66. The monoisotopic (exact) mass is 436 g/mol. The van der Waals surface area contributed by atoms with Crippen LogP contribution < -0.4 is 15.4 Å². The molecule has 31 heavy (non-hydrogen) atoms. The highest BCUT2D eigenvalue weighted by molar-refractivity contribution is 8.04. The lowest BCUT2D eigenvalue weighted by Gasteiger charge is -2.39. The van der Waals surface area contributed by atoms with Crippen molar-refractivity contribution in [1.29, 1.82) is 0 Å². The second kappa shape index (κ2) is 9.60. The van der Waals surface area contributed by atoms with Crippen LogP contribution in [0.3, 0.4) is 0 Å². The molecule has 0 aromatic heterocycles. The van der Waals surface area contributed by atoms with E-state index in [-0.39, 0.29) is 23.8 Å². The zero-order valence-corrected chi connectivity index (χ0v) is 18.7. The number of hydrogen-bond donors (Lipinski definition) is 2. The molecule has 162 valence electrons. The number of fused-ring (bicyclic) bond motifs is 1. The van der Waals surface area contributed by atoms with E-state index in [1.165, 1.54) is 5.56 Å². The predicted octanol–water partition coefficient (Wildman–Crippen LogP) is 4.06. The maximum Gasteiger partial charge on any atom is 0.257 e. The highest BCUT2D eigenvalue weighted by atomic mass is 32.2. The molecule has 0 bridgehead atoms. The standard InChI is InChI=1S/C25H28N2O3S/c1-16-6-5-7-17(12-16)13-23-25(29)27-20-14-18(10-11-22(20)31-23)24(28)26-15-19-8-3-4-9-21(19)30-2/h3-9,12-13,18,20,22H,10-11,14-15H2,1-2H3,(H,26,28)(H,27,29)/b23-13+. The van der Waals surface area contributed by atoms with Gasteiger partial charge in [0.05, 0.1) is 12.0 Å². The molecule has 2 aliphatic rings. The van der Waals surface area contributed by atoms with Gasteiger partial charge in [-0.25, -0.2) is 0 Å². The third kappa shape index (κ3) is 5.13. The van der Waals surface area contributed by atoms with Crippen molar-refractivity contribution < 1.29 is 14.3 Å². The number of aryl methyl sites for hydroxylation is 1. The summed E-state index contributed by atoms with van der Waals surface area (Å²) in [6, 6.07) is 15.9.